The van der Waals surface area contributed by atoms with Crippen LogP contribution in [0.3, 0.4) is 0 Å². The van der Waals surface area contributed by atoms with Gasteiger partial charge in [-0.25, -0.2) is 9.97 Å². The van der Waals surface area contributed by atoms with Gasteiger partial charge in [0.05, 0.1) is 9.26 Å². The van der Waals surface area contributed by atoms with Crippen LogP contribution < -0.4 is 5.32 Å². The number of hydrogen-bond acceptors (Lipinski definition) is 3. The van der Waals surface area contributed by atoms with E-state index in [-0.39, 0.29) is 0 Å². The number of aromatic nitrogens is 2. The van der Waals surface area contributed by atoms with Crippen LogP contribution >= 0.6 is 22.6 Å². The van der Waals surface area contributed by atoms with Crippen LogP contribution in [0.15, 0.2) is 0 Å². The van der Waals surface area contributed by atoms with E-state index in [1.807, 2.05) is 0 Å². The molecule has 3 nitrogen and oxygen atoms in total. The molecule has 0 bridgehead atoms. The topological polar surface area (TPSA) is 37.8 Å². The van der Waals surface area contributed by atoms with Crippen molar-refractivity contribution in [2.24, 2.45) is 5.92 Å². The van der Waals surface area contributed by atoms with Crippen LogP contribution in [0.2, 0.25) is 0 Å². The Balaban J connectivity index is 2.28. The first-order valence-electron chi connectivity index (χ1n) is 6.47. The Hall–Kier alpha value is -0.390. The fraction of sp³-hybridized carbons (Fsp3) is 0.692. The quantitative estimate of drug-likeness (QED) is 0.829. The highest BCUT2D eigenvalue weighted by Crippen LogP contribution is 2.45. The number of nitrogens with one attached hydrogen (secondary N) is 1. The Bertz CT molecular complexity index is 406. The molecule has 0 spiro atoms. The molecule has 1 saturated carbocycles. The summed E-state index contributed by atoms with van der Waals surface area (Å²) in [6.07, 6.45) is 3.35. The van der Waals surface area contributed by atoms with Crippen molar-refractivity contribution in [2.45, 2.75) is 46.0 Å². The summed E-state index contributed by atoms with van der Waals surface area (Å²) < 4.78 is 1.19. The molecule has 2 atom stereocenters. The number of anilines is 1. The molecular weight excluding hydrogens is 325 g/mol. The molecule has 0 aliphatic heterocycles. The Morgan fingerprint density at radius 2 is 2.06 bits per heavy atom. The molecule has 1 fully saturated rings. The summed E-state index contributed by atoms with van der Waals surface area (Å²) in [7, 11) is 0. The maximum Gasteiger partial charge on any atom is 0.143 e. The summed E-state index contributed by atoms with van der Waals surface area (Å²) in [5.74, 6) is 3.44. The van der Waals surface area contributed by atoms with E-state index in [9.17, 15) is 0 Å². The molecule has 0 amide bonds. The van der Waals surface area contributed by atoms with Crippen molar-refractivity contribution in [3.8, 4) is 0 Å². The first-order chi connectivity index (χ1) is 8.17. The third-order valence-electron chi connectivity index (χ3n) is 3.26. The number of nitrogens with zero attached hydrogens (tertiary/aromatic N) is 2. The first-order valence-corrected chi connectivity index (χ1v) is 7.55. The maximum absolute atomic E-state index is 4.71. The average Bonchev–Trinajstić information content (AvgIpc) is 3.05. The molecule has 1 heterocycles. The molecule has 1 aromatic rings. The summed E-state index contributed by atoms with van der Waals surface area (Å²) in [4.78, 5) is 9.41. The van der Waals surface area contributed by atoms with E-state index < -0.39 is 0 Å². The van der Waals surface area contributed by atoms with Crippen LogP contribution in [0.4, 0.5) is 5.82 Å². The fourth-order valence-electron chi connectivity index (χ4n) is 1.96. The molecule has 0 radical (unpaired) electrons. The number of aryl methyl sites for hydroxylation is 1. The van der Waals surface area contributed by atoms with Gasteiger partial charge in [-0.1, -0.05) is 20.8 Å². The fourth-order valence-corrected chi connectivity index (χ4v) is 2.77. The summed E-state index contributed by atoms with van der Waals surface area (Å²) in [5.41, 5.74) is 1.19. The zero-order chi connectivity index (χ0) is 12.4. The van der Waals surface area contributed by atoms with E-state index in [4.69, 9.17) is 9.97 Å². The van der Waals surface area contributed by atoms with Crippen LogP contribution in [0, 0.1) is 9.49 Å². The molecule has 94 valence electrons. The molecule has 4 heteroatoms. The Labute approximate surface area is 117 Å². The van der Waals surface area contributed by atoms with Gasteiger partial charge >= 0.3 is 0 Å². The van der Waals surface area contributed by atoms with E-state index in [1.165, 1.54) is 15.7 Å². The standard InChI is InChI=1S/C13H20IN3/c1-4-6-15-13-11(14)10(5-2)16-12(17-13)9-7-8(9)3/h8-9H,4-7H2,1-3H3,(H,15,16,17). The summed E-state index contributed by atoms with van der Waals surface area (Å²) in [6.45, 7) is 7.59. The molecule has 17 heavy (non-hydrogen) atoms. The minimum absolute atomic E-state index is 0.597. The molecule has 1 aliphatic carbocycles. The molecular formula is C13H20IN3. The second kappa shape index (κ2) is 5.50. The molecule has 0 saturated heterocycles. The van der Waals surface area contributed by atoms with Crippen molar-refractivity contribution in [1.82, 2.24) is 9.97 Å². The van der Waals surface area contributed by atoms with E-state index >= 15 is 0 Å². The van der Waals surface area contributed by atoms with Crippen LogP contribution in [0.25, 0.3) is 0 Å². The van der Waals surface area contributed by atoms with Crippen LogP contribution in [0.5, 0.6) is 0 Å². The van der Waals surface area contributed by atoms with E-state index in [0.717, 1.165) is 36.9 Å². The summed E-state index contributed by atoms with van der Waals surface area (Å²) >= 11 is 2.36. The Morgan fingerprint density at radius 1 is 1.35 bits per heavy atom. The summed E-state index contributed by atoms with van der Waals surface area (Å²) in [6, 6.07) is 0. The highest BCUT2D eigenvalue weighted by Gasteiger charge is 2.37. The second-order valence-corrected chi connectivity index (χ2v) is 5.87. The SMILES string of the molecule is CCCNc1nc(C2CC2C)nc(CC)c1I. The van der Waals surface area contributed by atoms with Crippen molar-refractivity contribution < 1.29 is 0 Å². The maximum atomic E-state index is 4.71. The lowest BCUT2D eigenvalue weighted by atomic mass is 10.2. The zero-order valence-corrected chi connectivity index (χ0v) is 12.9. The van der Waals surface area contributed by atoms with Gasteiger partial charge in [-0.05, 0) is 47.8 Å². The van der Waals surface area contributed by atoms with Gasteiger partial charge in [0, 0.05) is 12.5 Å². The van der Waals surface area contributed by atoms with Crippen molar-refractivity contribution in [3.05, 3.63) is 15.1 Å². The molecule has 2 rings (SSSR count). The molecule has 0 aromatic carbocycles. The van der Waals surface area contributed by atoms with E-state index in [0.29, 0.717) is 5.92 Å². The lowest BCUT2D eigenvalue weighted by molar-refractivity contribution is 0.814. The summed E-state index contributed by atoms with van der Waals surface area (Å²) in [5, 5.41) is 3.42. The first kappa shape index (κ1) is 13.1. The van der Waals surface area contributed by atoms with Gasteiger partial charge in [0.15, 0.2) is 0 Å². The van der Waals surface area contributed by atoms with Crippen LogP contribution in [0.1, 0.15) is 51.0 Å². The van der Waals surface area contributed by atoms with Gasteiger partial charge in [0.25, 0.3) is 0 Å². The number of rotatable bonds is 5. The van der Waals surface area contributed by atoms with Gasteiger partial charge < -0.3 is 5.32 Å². The predicted molar refractivity (Wildman–Crippen MR) is 79.4 cm³/mol. The minimum Gasteiger partial charge on any atom is -0.369 e. The lowest BCUT2D eigenvalue weighted by Crippen LogP contribution is -2.10. The van der Waals surface area contributed by atoms with Crippen LogP contribution in [-0.4, -0.2) is 16.5 Å². The zero-order valence-electron chi connectivity index (χ0n) is 10.8. The minimum atomic E-state index is 0.597. The van der Waals surface area contributed by atoms with Gasteiger partial charge in [-0.3, -0.25) is 0 Å². The van der Waals surface area contributed by atoms with Crippen molar-refractivity contribution in [2.75, 3.05) is 11.9 Å². The number of halogens is 1. The molecule has 1 aromatic heterocycles. The molecule has 1 aliphatic rings. The third-order valence-corrected chi connectivity index (χ3v) is 4.39. The van der Waals surface area contributed by atoms with E-state index in [2.05, 4.69) is 48.7 Å². The van der Waals surface area contributed by atoms with Crippen molar-refractivity contribution >= 4 is 28.4 Å². The smallest absolute Gasteiger partial charge is 0.143 e. The highest BCUT2D eigenvalue weighted by molar-refractivity contribution is 14.1. The van der Waals surface area contributed by atoms with Gasteiger partial charge in [-0.2, -0.15) is 0 Å². The van der Waals surface area contributed by atoms with Gasteiger partial charge in [-0.15, -0.1) is 0 Å². The van der Waals surface area contributed by atoms with Crippen molar-refractivity contribution in [1.29, 1.82) is 0 Å². The van der Waals surface area contributed by atoms with Gasteiger partial charge in [0.1, 0.15) is 11.6 Å². The Morgan fingerprint density at radius 3 is 2.59 bits per heavy atom. The largest absolute Gasteiger partial charge is 0.369 e. The number of hydrogen-bond donors (Lipinski definition) is 1. The normalized spacial score (nSPS) is 22.6. The third kappa shape index (κ3) is 2.89. The average molecular weight is 345 g/mol. The highest BCUT2D eigenvalue weighted by atomic mass is 127. The van der Waals surface area contributed by atoms with Crippen molar-refractivity contribution in [3.63, 3.8) is 0 Å². The Kier molecular flexibility index (Phi) is 4.22. The predicted octanol–water partition coefficient (Wildman–Crippen LogP) is 3.59. The second-order valence-electron chi connectivity index (χ2n) is 4.79. The molecule has 1 N–H and O–H groups in total. The molecule has 2 unspecified atom stereocenters. The van der Waals surface area contributed by atoms with Crippen LogP contribution in [-0.2, 0) is 6.42 Å². The van der Waals surface area contributed by atoms with E-state index in [1.54, 1.807) is 0 Å². The lowest BCUT2D eigenvalue weighted by Gasteiger charge is -2.11. The van der Waals surface area contributed by atoms with Gasteiger partial charge in [0.2, 0.25) is 0 Å². The monoisotopic (exact) mass is 345 g/mol.